The van der Waals surface area contributed by atoms with E-state index in [1.807, 2.05) is 0 Å². The molecule has 0 unspecified atom stereocenters. The number of aliphatic hydroxyl groups is 2. The van der Waals surface area contributed by atoms with E-state index in [-0.39, 0.29) is 0 Å². The maximum Gasteiger partial charge on any atom is 0.124 e. The molecule has 0 aliphatic rings. The zero-order chi connectivity index (χ0) is 15.5. The molecular weight excluding hydrogens is 244 g/mol. The number of carboxylic acids is 2. The zero-order valence-corrected chi connectivity index (χ0v) is 11.7. The van der Waals surface area contributed by atoms with Crippen molar-refractivity contribution in [3.63, 3.8) is 0 Å². The average Bonchev–Trinajstić information content (AvgIpc) is 2.13. The van der Waals surface area contributed by atoms with Crippen LogP contribution in [0.3, 0.4) is 0 Å². The first kappa shape index (κ1) is 22.0. The van der Waals surface area contributed by atoms with Gasteiger partial charge in [-0.25, -0.2) is 0 Å². The van der Waals surface area contributed by atoms with Crippen molar-refractivity contribution in [3.8, 4) is 0 Å². The number of quaternary nitrogens is 2. The summed E-state index contributed by atoms with van der Waals surface area (Å²) >= 11 is 0. The molecule has 18 heavy (non-hydrogen) atoms. The summed E-state index contributed by atoms with van der Waals surface area (Å²) in [5, 5.41) is 35.7. The molecule has 0 saturated heterocycles. The Morgan fingerprint density at radius 1 is 0.778 bits per heavy atom. The lowest BCUT2D eigenvalue weighted by molar-refractivity contribution is -0.836. The molecule has 0 spiro atoms. The Morgan fingerprint density at radius 2 is 0.889 bits per heavy atom. The highest BCUT2D eigenvalue weighted by atomic mass is 16.4. The van der Waals surface area contributed by atoms with E-state index >= 15 is 0 Å². The number of carbonyl (C=O) groups is 2. The summed E-state index contributed by atoms with van der Waals surface area (Å²) < 4.78 is 0. The van der Waals surface area contributed by atoms with E-state index in [9.17, 15) is 19.8 Å². The first-order valence-corrected chi connectivity index (χ1v) is 5.24. The van der Waals surface area contributed by atoms with Gasteiger partial charge in [-0.3, -0.25) is 0 Å². The largest absolute Gasteiger partial charge is 0.547 e. The van der Waals surface area contributed by atoms with Crippen LogP contribution in [-0.4, -0.2) is 76.6 Å². The summed E-state index contributed by atoms with van der Waals surface area (Å²) in [6.07, 6.45) is -4.88. The Kier molecular flexibility index (Phi) is 15.0. The Hall–Kier alpha value is -1.22. The van der Waals surface area contributed by atoms with Crippen LogP contribution in [0, 0.1) is 0 Å². The molecule has 8 nitrogen and oxygen atoms in total. The van der Waals surface area contributed by atoms with Gasteiger partial charge < -0.3 is 39.8 Å². The summed E-state index contributed by atoms with van der Waals surface area (Å²) in [5.41, 5.74) is 0. The minimum absolute atomic E-state index is 1.42. The molecule has 4 N–H and O–H groups in total. The Bertz CT molecular complexity index is 203. The van der Waals surface area contributed by atoms with E-state index in [0.29, 0.717) is 0 Å². The quantitative estimate of drug-likeness (QED) is 0.402. The smallest absolute Gasteiger partial charge is 0.124 e. The van der Waals surface area contributed by atoms with Crippen LogP contribution in [0.5, 0.6) is 0 Å². The fourth-order valence-corrected chi connectivity index (χ4v) is 0.258. The zero-order valence-electron chi connectivity index (χ0n) is 11.7. The molecule has 0 heterocycles. The van der Waals surface area contributed by atoms with E-state index in [0.717, 1.165) is 0 Å². The molecule has 0 aliphatic heterocycles. The van der Waals surface area contributed by atoms with Gasteiger partial charge in [-0.2, -0.15) is 0 Å². The van der Waals surface area contributed by atoms with Gasteiger partial charge in [-0.15, -0.1) is 0 Å². The predicted octanol–water partition coefficient (Wildman–Crippen LogP) is -7.27. The van der Waals surface area contributed by atoms with Gasteiger partial charge in [0.25, 0.3) is 0 Å². The van der Waals surface area contributed by atoms with E-state index in [2.05, 4.69) is 42.3 Å². The summed E-state index contributed by atoms with van der Waals surface area (Å²) in [7, 11) is 12.5. The first-order chi connectivity index (χ1) is 7.93. The molecule has 0 aromatic carbocycles. The monoisotopic (exact) mass is 268 g/mol. The highest BCUT2D eigenvalue weighted by Crippen LogP contribution is 1.88. The van der Waals surface area contributed by atoms with Crippen LogP contribution >= 0.6 is 0 Å². The molecule has 0 saturated carbocycles. The standard InChI is InChI=1S/C4H6O6.2C3H9N/c5-1(3(7)8)2(6)4(9)10;2*1-4(2)3/h1-2,5-6H,(H,7,8)(H,9,10);2*1-3H3/t1-,2-;;/m1../s1. The van der Waals surface area contributed by atoms with Gasteiger partial charge in [0.15, 0.2) is 0 Å². The second-order valence-corrected chi connectivity index (χ2v) is 4.53. The lowest BCUT2D eigenvalue weighted by Crippen LogP contribution is -3.02. The number of hydrogen-bond acceptors (Lipinski definition) is 6. The molecular formula is C10H24N2O6. The molecule has 0 rings (SSSR count). The van der Waals surface area contributed by atoms with Crippen molar-refractivity contribution in [2.45, 2.75) is 12.2 Å². The molecule has 8 heteroatoms. The fourth-order valence-electron chi connectivity index (χ4n) is 0.258. The van der Waals surface area contributed by atoms with E-state index in [1.54, 1.807) is 0 Å². The van der Waals surface area contributed by atoms with Crippen molar-refractivity contribution < 1.29 is 39.8 Å². The van der Waals surface area contributed by atoms with Crippen LogP contribution in [0.4, 0.5) is 0 Å². The minimum Gasteiger partial charge on any atom is -0.547 e. The molecule has 0 aromatic rings. The number of carboxylic acid groups (broad SMARTS) is 2. The Labute approximate surface area is 107 Å². The van der Waals surface area contributed by atoms with Gasteiger partial charge in [0.05, 0.1) is 54.2 Å². The van der Waals surface area contributed by atoms with Crippen LogP contribution in [-0.2, 0) is 9.59 Å². The van der Waals surface area contributed by atoms with Gasteiger partial charge in [0.1, 0.15) is 12.2 Å². The van der Waals surface area contributed by atoms with Crippen molar-refractivity contribution in [2.24, 2.45) is 0 Å². The third-order valence-electron chi connectivity index (χ3n) is 0.782. The topological polar surface area (TPSA) is 130 Å². The number of carbonyl (C=O) groups excluding carboxylic acids is 2. The van der Waals surface area contributed by atoms with Gasteiger partial charge >= 0.3 is 0 Å². The Balaban J connectivity index is -0.000000233. The SMILES string of the molecule is C[NH+](C)C.C[NH+](C)C.O=C([O-])[C@H](O)[C@@H](O)C(=O)[O-]. The van der Waals surface area contributed by atoms with E-state index in [4.69, 9.17) is 10.2 Å². The molecule has 0 aromatic heterocycles. The highest BCUT2D eigenvalue weighted by molar-refractivity contribution is 5.80. The molecule has 2 atom stereocenters. The normalized spacial score (nSPS) is 12.8. The minimum atomic E-state index is -2.44. The maximum atomic E-state index is 9.63. The molecule has 0 bridgehead atoms. The second kappa shape index (κ2) is 12.2. The van der Waals surface area contributed by atoms with Gasteiger partial charge in [-0.05, 0) is 0 Å². The number of rotatable bonds is 3. The summed E-state index contributed by atoms with van der Waals surface area (Å²) in [6, 6.07) is 0. The summed E-state index contributed by atoms with van der Waals surface area (Å²) in [5.74, 6) is -4.12. The van der Waals surface area contributed by atoms with Gasteiger partial charge in [0, 0.05) is 0 Å². The van der Waals surface area contributed by atoms with Crippen molar-refractivity contribution in [1.82, 2.24) is 0 Å². The number of aliphatic hydroxyl groups excluding tert-OH is 2. The van der Waals surface area contributed by atoms with Crippen LogP contribution in [0.1, 0.15) is 0 Å². The van der Waals surface area contributed by atoms with Gasteiger partial charge in [-0.1, -0.05) is 0 Å². The molecule has 110 valence electrons. The maximum absolute atomic E-state index is 9.63. The van der Waals surface area contributed by atoms with Gasteiger partial charge in [0.2, 0.25) is 0 Å². The predicted molar refractivity (Wildman–Crippen MR) is 59.5 cm³/mol. The van der Waals surface area contributed by atoms with Crippen molar-refractivity contribution in [3.05, 3.63) is 0 Å². The van der Waals surface area contributed by atoms with Crippen LogP contribution in [0.2, 0.25) is 0 Å². The van der Waals surface area contributed by atoms with Crippen LogP contribution < -0.4 is 20.0 Å². The molecule has 0 aliphatic carbocycles. The van der Waals surface area contributed by atoms with Crippen LogP contribution in [0.15, 0.2) is 0 Å². The highest BCUT2D eigenvalue weighted by Gasteiger charge is 2.17. The van der Waals surface area contributed by atoms with E-state index in [1.165, 1.54) is 9.80 Å². The molecule has 0 radical (unpaired) electrons. The number of nitrogens with one attached hydrogen (secondary N) is 2. The van der Waals surface area contributed by atoms with E-state index < -0.39 is 24.1 Å². The first-order valence-electron chi connectivity index (χ1n) is 5.24. The average molecular weight is 268 g/mol. The molecule has 0 fully saturated rings. The fraction of sp³-hybridized carbons (Fsp3) is 0.800. The molecule has 0 amide bonds. The van der Waals surface area contributed by atoms with Crippen molar-refractivity contribution >= 4 is 11.9 Å². The number of aliphatic carboxylic acids is 2. The third-order valence-corrected chi connectivity index (χ3v) is 0.782. The summed E-state index contributed by atoms with van der Waals surface area (Å²) in [6.45, 7) is 0. The number of hydrogen-bond donors (Lipinski definition) is 4. The lowest BCUT2D eigenvalue weighted by Gasteiger charge is -2.18. The van der Waals surface area contributed by atoms with Crippen molar-refractivity contribution in [1.29, 1.82) is 0 Å². The van der Waals surface area contributed by atoms with Crippen LogP contribution in [0.25, 0.3) is 0 Å². The van der Waals surface area contributed by atoms with Crippen molar-refractivity contribution in [2.75, 3.05) is 42.3 Å². The summed E-state index contributed by atoms with van der Waals surface area (Å²) in [4.78, 5) is 22.1. The third kappa shape index (κ3) is 24.2. The second-order valence-electron chi connectivity index (χ2n) is 4.53. The Morgan fingerprint density at radius 3 is 0.944 bits per heavy atom. The lowest BCUT2D eigenvalue weighted by atomic mass is 10.2.